The van der Waals surface area contributed by atoms with E-state index < -0.39 is 12.2 Å². The Bertz CT molecular complexity index is 347. The molecule has 3 atom stereocenters. The van der Waals surface area contributed by atoms with Crippen molar-refractivity contribution in [2.45, 2.75) is 186 Å². The van der Waals surface area contributed by atoms with Crippen molar-refractivity contribution in [1.29, 1.82) is 0 Å². The molecule has 0 spiro atoms. The average Bonchev–Trinajstić information content (AvgIpc) is 2.79. The minimum atomic E-state index is -0.683. The van der Waals surface area contributed by atoms with Crippen LogP contribution in [0.1, 0.15) is 168 Å². The van der Waals surface area contributed by atoms with Gasteiger partial charge in [0.15, 0.2) is 0 Å². The first-order chi connectivity index (χ1) is 15.6. The van der Waals surface area contributed by atoms with Gasteiger partial charge in [-0.15, -0.1) is 0 Å². The predicted octanol–water partition coefficient (Wildman–Crippen LogP) is 8.47. The number of hydrogen-bond donors (Lipinski definition) is 3. The van der Waals surface area contributed by atoms with Gasteiger partial charge in [-0.25, -0.2) is 0 Å². The molecule has 0 aliphatic rings. The van der Waals surface area contributed by atoms with Crippen molar-refractivity contribution in [1.82, 2.24) is 0 Å². The molecule has 3 unspecified atom stereocenters. The molecule has 0 aliphatic carbocycles. The highest BCUT2D eigenvalue weighted by Crippen LogP contribution is 2.17. The summed E-state index contributed by atoms with van der Waals surface area (Å²) in [4.78, 5) is 0. The molecule has 194 valence electrons. The van der Waals surface area contributed by atoms with E-state index in [1.807, 2.05) is 0 Å². The van der Waals surface area contributed by atoms with Crippen LogP contribution in [0, 0.1) is 0 Å². The second-order valence-electron chi connectivity index (χ2n) is 10.3. The molecule has 0 amide bonds. The highest BCUT2D eigenvalue weighted by atomic mass is 16.3. The molecule has 0 rings (SSSR count). The van der Waals surface area contributed by atoms with E-state index in [4.69, 9.17) is 0 Å². The summed E-state index contributed by atoms with van der Waals surface area (Å²) in [6.07, 6.45) is 27.3. The van der Waals surface area contributed by atoms with Crippen LogP contribution in [0.25, 0.3) is 0 Å². The van der Waals surface area contributed by atoms with Crippen LogP contribution in [-0.4, -0.2) is 33.6 Å². The van der Waals surface area contributed by atoms with Crippen LogP contribution in [0.2, 0.25) is 0 Å². The number of aliphatic hydroxyl groups is 3. The van der Waals surface area contributed by atoms with Gasteiger partial charge in [0, 0.05) is 0 Å². The minimum absolute atomic E-state index is 0.330. The molecule has 0 aromatic rings. The SMILES string of the molecule is CCCCCCCCCCCCCCCCCCC(O)CCC(O)C(O)CCCCCC. The van der Waals surface area contributed by atoms with Gasteiger partial charge in [0.05, 0.1) is 18.3 Å². The number of unbranched alkanes of at least 4 members (excludes halogenated alkanes) is 18. The second-order valence-corrected chi connectivity index (χ2v) is 10.3. The molecule has 0 radical (unpaired) electrons. The maximum Gasteiger partial charge on any atom is 0.0800 e. The van der Waals surface area contributed by atoms with E-state index >= 15 is 0 Å². The van der Waals surface area contributed by atoms with Gasteiger partial charge in [-0.1, -0.05) is 142 Å². The second kappa shape index (κ2) is 25.5. The molecule has 0 aliphatic heterocycles. The molecule has 3 nitrogen and oxygen atoms in total. The van der Waals surface area contributed by atoms with E-state index in [1.165, 1.54) is 109 Å². The summed E-state index contributed by atoms with van der Waals surface area (Å²) in [7, 11) is 0. The Morgan fingerprint density at radius 3 is 1.09 bits per heavy atom. The molecule has 32 heavy (non-hydrogen) atoms. The first-order valence-electron chi connectivity index (χ1n) is 14.7. The fraction of sp³-hybridized carbons (Fsp3) is 1.00. The highest BCUT2D eigenvalue weighted by molar-refractivity contribution is 4.69. The molecule has 0 aromatic carbocycles. The first-order valence-corrected chi connectivity index (χ1v) is 14.7. The molecular formula is C29H60O3. The van der Waals surface area contributed by atoms with Gasteiger partial charge >= 0.3 is 0 Å². The Morgan fingerprint density at radius 1 is 0.344 bits per heavy atom. The van der Waals surface area contributed by atoms with Crippen LogP contribution in [-0.2, 0) is 0 Å². The standard InChI is InChI=1S/C29H60O3/c1-3-5-7-9-10-11-12-13-14-15-16-17-18-19-20-21-23-27(30)25-26-29(32)28(31)24-22-8-6-4-2/h27-32H,3-26H2,1-2H3. The summed E-state index contributed by atoms with van der Waals surface area (Å²) in [5.74, 6) is 0. The van der Waals surface area contributed by atoms with Gasteiger partial charge < -0.3 is 15.3 Å². The molecule has 3 heteroatoms. The Kier molecular flexibility index (Phi) is 25.4. The van der Waals surface area contributed by atoms with Crippen LogP contribution in [0.4, 0.5) is 0 Å². The lowest BCUT2D eigenvalue weighted by atomic mass is 9.98. The molecule has 0 saturated heterocycles. The molecule has 0 heterocycles. The lowest BCUT2D eigenvalue weighted by Crippen LogP contribution is -2.27. The minimum Gasteiger partial charge on any atom is -0.393 e. The number of aliphatic hydroxyl groups excluding tert-OH is 3. The fourth-order valence-corrected chi connectivity index (χ4v) is 4.60. The van der Waals surface area contributed by atoms with E-state index in [2.05, 4.69) is 13.8 Å². The topological polar surface area (TPSA) is 60.7 Å². The van der Waals surface area contributed by atoms with Crippen LogP contribution >= 0.6 is 0 Å². The molecule has 0 bridgehead atoms. The van der Waals surface area contributed by atoms with Gasteiger partial charge in [-0.05, 0) is 25.7 Å². The third-order valence-corrected chi connectivity index (χ3v) is 6.98. The van der Waals surface area contributed by atoms with Gasteiger partial charge in [-0.2, -0.15) is 0 Å². The summed E-state index contributed by atoms with van der Waals surface area (Å²) in [6.45, 7) is 4.45. The zero-order valence-corrected chi connectivity index (χ0v) is 22.0. The van der Waals surface area contributed by atoms with Crippen LogP contribution < -0.4 is 0 Å². The zero-order chi connectivity index (χ0) is 23.7. The molecule has 0 aromatic heterocycles. The van der Waals surface area contributed by atoms with E-state index in [1.54, 1.807) is 0 Å². The van der Waals surface area contributed by atoms with Crippen molar-refractivity contribution in [3.8, 4) is 0 Å². The molecule has 0 saturated carbocycles. The van der Waals surface area contributed by atoms with Crippen molar-refractivity contribution in [3.63, 3.8) is 0 Å². The largest absolute Gasteiger partial charge is 0.393 e. The summed E-state index contributed by atoms with van der Waals surface area (Å²) >= 11 is 0. The highest BCUT2D eigenvalue weighted by Gasteiger charge is 2.17. The Hall–Kier alpha value is -0.120. The third kappa shape index (κ3) is 23.1. The first kappa shape index (κ1) is 31.9. The summed E-state index contributed by atoms with van der Waals surface area (Å²) < 4.78 is 0. The summed E-state index contributed by atoms with van der Waals surface area (Å²) in [5, 5.41) is 30.2. The predicted molar refractivity (Wildman–Crippen MR) is 140 cm³/mol. The average molecular weight is 457 g/mol. The Morgan fingerprint density at radius 2 is 0.656 bits per heavy atom. The summed E-state index contributed by atoms with van der Waals surface area (Å²) in [5.41, 5.74) is 0. The lowest BCUT2D eigenvalue weighted by Gasteiger charge is -2.19. The van der Waals surface area contributed by atoms with Gasteiger partial charge in [-0.3, -0.25) is 0 Å². The smallest absolute Gasteiger partial charge is 0.0800 e. The third-order valence-electron chi connectivity index (χ3n) is 6.98. The number of rotatable bonds is 26. The number of hydrogen-bond acceptors (Lipinski definition) is 3. The summed E-state index contributed by atoms with van der Waals surface area (Å²) in [6, 6.07) is 0. The molecule has 0 fully saturated rings. The zero-order valence-electron chi connectivity index (χ0n) is 22.0. The lowest BCUT2D eigenvalue weighted by molar-refractivity contribution is -0.000429. The van der Waals surface area contributed by atoms with Crippen molar-refractivity contribution in [2.24, 2.45) is 0 Å². The molecule has 3 N–H and O–H groups in total. The van der Waals surface area contributed by atoms with Gasteiger partial charge in [0.25, 0.3) is 0 Å². The van der Waals surface area contributed by atoms with E-state index in [9.17, 15) is 15.3 Å². The van der Waals surface area contributed by atoms with E-state index in [0.29, 0.717) is 19.3 Å². The maximum atomic E-state index is 10.1. The Labute approximate surface area is 201 Å². The van der Waals surface area contributed by atoms with Gasteiger partial charge in [0.1, 0.15) is 0 Å². The monoisotopic (exact) mass is 456 g/mol. The Balaban J connectivity index is 3.33. The quantitative estimate of drug-likeness (QED) is 0.114. The van der Waals surface area contributed by atoms with Crippen LogP contribution in [0.3, 0.4) is 0 Å². The fourth-order valence-electron chi connectivity index (χ4n) is 4.60. The normalized spacial score (nSPS) is 14.5. The van der Waals surface area contributed by atoms with Crippen molar-refractivity contribution >= 4 is 0 Å². The van der Waals surface area contributed by atoms with Gasteiger partial charge in [0.2, 0.25) is 0 Å². The van der Waals surface area contributed by atoms with Crippen LogP contribution in [0.5, 0.6) is 0 Å². The van der Waals surface area contributed by atoms with E-state index in [0.717, 1.165) is 25.7 Å². The van der Waals surface area contributed by atoms with E-state index in [-0.39, 0.29) is 6.10 Å². The van der Waals surface area contributed by atoms with Crippen molar-refractivity contribution < 1.29 is 15.3 Å². The van der Waals surface area contributed by atoms with Crippen molar-refractivity contribution in [3.05, 3.63) is 0 Å². The van der Waals surface area contributed by atoms with Crippen molar-refractivity contribution in [2.75, 3.05) is 0 Å². The van der Waals surface area contributed by atoms with Crippen LogP contribution in [0.15, 0.2) is 0 Å². The maximum absolute atomic E-state index is 10.1. The molecular weight excluding hydrogens is 396 g/mol.